The molecule has 2 heterocycles. The van der Waals surface area contributed by atoms with E-state index in [0.717, 1.165) is 5.69 Å². The fraction of sp³-hybridized carbons (Fsp3) is 0.100. The number of carbonyl (C=O) groups excluding carboxylic acids is 1. The highest BCUT2D eigenvalue weighted by atomic mass is 79.9. The number of aromatic nitrogens is 2. The van der Waals surface area contributed by atoms with E-state index in [1.165, 1.54) is 11.3 Å². The molecule has 2 aromatic rings. The summed E-state index contributed by atoms with van der Waals surface area (Å²) in [5, 5.41) is 5.16. The van der Waals surface area contributed by atoms with Gasteiger partial charge < -0.3 is 0 Å². The molecule has 0 saturated heterocycles. The van der Waals surface area contributed by atoms with Crippen LogP contribution in [-0.2, 0) is 0 Å². The van der Waals surface area contributed by atoms with E-state index in [1.807, 2.05) is 12.3 Å². The van der Waals surface area contributed by atoms with Gasteiger partial charge in [0.15, 0.2) is 5.13 Å². The zero-order valence-corrected chi connectivity index (χ0v) is 10.8. The first-order valence-electron chi connectivity index (χ1n) is 4.51. The molecular formula is C10H8BrN3OS. The van der Waals surface area contributed by atoms with Crippen LogP contribution in [0.3, 0.4) is 0 Å². The van der Waals surface area contributed by atoms with Gasteiger partial charge in [-0.3, -0.25) is 10.1 Å². The second kappa shape index (κ2) is 4.71. The van der Waals surface area contributed by atoms with Crippen LogP contribution < -0.4 is 5.32 Å². The molecule has 6 heteroatoms. The molecule has 0 aliphatic heterocycles. The molecule has 2 rings (SSSR count). The summed E-state index contributed by atoms with van der Waals surface area (Å²) in [6, 6.07) is 3.53. The Bertz CT molecular complexity index is 526. The minimum atomic E-state index is -0.262. The van der Waals surface area contributed by atoms with Crippen LogP contribution in [0.25, 0.3) is 0 Å². The first-order chi connectivity index (χ1) is 7.66. The molecule has 0 aliphatic carbocycles. The molecule has 0 unspecified atom stereocenters. The maximum atomic E-state index is 11.8. The smallest absolute Gasteiger partial charge is 0.277 e. The molecule has 0 radical (unpaired) electrons. The zero-order chi connectivity index (χ0) is 11.5. The van der Waals surface area contributed by atoms with Crippen molar-refractivity contribution in [3.63, 3.8) is 0 Å². The molecule has 0 fully saturated rings. The van der Waals surface area contributed by atoms with E-state index in [-0.39, 0.29) is 5.91 Å². The van der Waals surface area contributed by atoms with Gasteiger partial charge in [0.05, 0.1) is 5.69 Å². The number of rotatable bonds is 2. The van der Waals surface area contributed by atoms with Gasteiger partial charge in [-0.15, -0.1) is 11.3 Å². The number of pyridine rings is 1. The van der Waals surface area contributed by atoms with E-state index in [9.17, 15) is 4.79 Å². The summed E-state index contributed by atoms with van der Waals surface area (Å²) in [5.41, 5.74) is 1.25. The average molecular weight is 298 g/mol. The van der Waals surface area contributed by atoms with Gasteiger partial charge in [-0.2, -0.15) is 0 Å². The fourth-order valence-corrected chi connectivity index (χ4v) is 2.24. The number of amides is 1. The maximum absolute atomic E-state index is 11.8. The quantitative estimate of drug-likeness (QED) is 0.927. The summed E-state index contributed by atoms with van der Waals surface area (Å²) in [6.45, 7) is 1.88. The molecule has 2 aromatic heterocycles. The molecular weight excluding hydrogens is 290 g/mol. The number of thiazole rings is 1. The van der Waals surface area contributed by atoms with Crippen molar-refractivity contribution in [3.8, 4) is 0 Å². The SMILES string of the molecule is Cc1csc(NC(=O)c2ncccc2Br)n1. The number of aryl methyl sites for hydroxylation is 1. The van der Waals surface area contributed by atoms with Crippen molar-refractivity contribution in [2.45, 2.75) is 6.92 Å². The molecule has 1 N–H and O–H groups in total. The van der Waals surface area contributed by atoms with Crippen LogP contribution in [0.4, 0.5) is 5.13 Å². The lowest BCUT2D eigenvalue weighted by Gasteiger charge is -2.02. The van der Waals surface area contributed by atoms with Gasteiger partial charge in [-0.25, -0.2) is 9.97 Å². The Kier molecular flexibility index (Phi) is 3.31. The first-order valence-corrected chi connectivity index (χ1v) is 6.18. The second-order valence-electron chi connectivity index (χ2n) is 3.08. The molecule has 1 amide bonds. The molecule has 0 aliphatic rings. The highest BCUT2D eigenvalue weighted by Gasteiger charge is 2.12. The number of nitrogens with one attached hydrogen (secondary N) is 1. The average Bonchev–Trinajstić information content (AvgIpc) is 2.64. The van der Waals surface area contributed by atoms with Crippen molar-refractivity contribution in [1.29, 1.82) is 0 Å². The number of carbonyl (C=O) groups is 1. The summed E-state index contributed by atoms with van der Waals surface area (Å²) < 4.78 is 0.667. The number of nitrogens with zero attached hydrogens (tertiary/aromatic N) is 2. The Hall–Kier alpha value is -1.27. The molecule has 0 atom stereocenters. The Morgan fingerprint density at radius 1 is 1.56 bits per heavy atom. The Morgan fingerprint density at radius 3 is 3.00 bits per heavy atom. The summed E-state index contributed by atoms with van der Waals surface area (Å²) in [7, 11) is 0. The van der Waals surface area contributed by atoms with Gasteiger partial charge in [-0.05, 0) is 35.0 Å². The van der Waals surface area contributed by atoms with Crippen molar-refractivity contribution in [2.24, 2.45) is 0 Å². The molecule has 0 spiro atoms. The van der Waals surface area contributed by atoms with Gasteiger partial charge in [0.1, 0.15) is 5.69 Å². The first kappa shape index (κ1) is 11.2. The van der Waals surface area contributed by atoms with Crippen molar-refractivity contribution in [3.05, 3.63) is 39.6 Å². The van der Waals surface area contributed by atoms with E-state index in [1.54, 1.807) is 18.3 Å². The lowest BCUT2D eigenvalue weighted by atomic mass is 10.3. The zero-order valence-electron chi connectivity index (χ0n) is 8.40. The highest BCUT2D eigenvalue weighted by molar-refractivity contribution is 9.10. The van der Waals surface area contributed by atoms with Crippen LogP contribution in [0.15, 0.2) is 28.2 Å². The van der Waals surface area contributed by atoms with E-state index < -0.39 is 0 Å². The van der Waals surface area contributed by atoms with Crippen molar-refractivity contribution >= 4 is 38.3 Å². The molecule has 0 bridgehead atoms. The number of anilines is 1. The predicted octanol–water partition coefficient (Wildman–Crippen LogP) is 2.86. The molecule has 0 aromatic carbocycles. The topological polar surface area (TPSA) is 54.9 Å². The lowest BCUT2D eigenvalue weighted by molar-refractivity contribution is 0.102. The van der Waals surface area contributed by atoms with Gasteiger partial charge in [0.25, 0.3) is 5.91 Å². The predicted molar refractivity (Wildman–Crippen MR) is 66.7 cm³/mol. The Labute approximate surface area is 105 Å². The van der Waals surface area contributed by atoms with Crippen LogP contribution in [0.5, 0.6) is 0 Å². The third-order valence-corrected chi connectivity index (χ3v) is 3.33. The van der Waals surface area contributed by atoms with Crippen LogP contribution in [0, 0.1) is 6.92 Å². The standard InChI is InChI=1S/C10H8BrN3OS/c1-6-5-16-10(13-6)14-9(15)8-7(11)3-2-4-12-8/h2-5H,1H3,(H,13,14,15). The van der Waals surface area contributed by atoms with Gasteiger partial charge >= 0.3 is 0 Å². The normalized spacial score (nSPS) is 10.1. The lowest BCUT2D eigenvalue weighted by Crippen LogP contribution is -2.14. The number of halogens is 1. The Balaban J connectivity index is 2.18. The van der Waals surface area contributed by atoms with E-state index in [2.05, 4.69) is 31.2 Å². The van der Waals surface area contributed by atoms with E-state index in [0.29, 0.717) is 15.3 Å². The van der Waals surface area contributed by atoms with Crippen molar-refractivity contribution in [1.82, 2.24) is 9.97 Å². The maximum Gasteiger partial charge on any atom is 0.277 e. The molecule has 4 nitrogen and oxygen atoms in total. The molecule has 0 saturated carbocycles. The largest absolute Gasteiger partial charge is 0.296 e. The summed E-state index contributed by atoms with van der Waals surface area (Å²) in [5.74, 6) is -0.262. The molecule has 16 heavy (non-hydrogen) atoms. The number of hydrogen-bond acceptors (Lipinski definition) is 4. The van der Waals surface area contributed by atoms with E-state index in [4.69, 9.17) is 0 Å². The highest BCUT2D eigenvalue weighted by Crippen LogP contribution is 2.18. The van der Waals surface area contributed by atoms with Crippen LogP contribution in [0.2, 0.25) is 0 Å². The van der Waals surface area contributed by atoms with Crippen LogP contribution in [0.1, 0.15) is 16.2 Å². The third-order valence-electron chi connectivity index (χ3n) is 1.81. The van der Waals surface area contributed by atoms with Crippen molar-refractivity contribution in [2.75, 3.05) is 5.32 Å². The van der Waals surface area contributed by atoms with Gasteiger partial charge in [0.2, 0.25) is 0 Å². The summed E-state index contributed by atoms with van der Waals surface area (Å²) >= 11 is 4.67. The van der Waals surface area contributed by atoms with Crippen LogP contribution >= 0.6 is 27.3 Å². The van der Waals surface area contributed by atoms with Gasteiger partial charge in [0, 0.05) is 16.0 Å². The van der Waals surface area contributed by atoms with Gasteiger partial charge in [-0.1, -0.05) is 0 Å². The third kappa shape index (κ3) is 2.45. The summed E-state index contributed by atoms with van der Waals surface area (Å²) in [6.07, 6.45) is 1.58. The fourth-order valence-electron chi connectivity index (χ4n) is 1.12. The Morgan fingerprint density at radius 2 is 2.38 bits per heavy atom. The number of hydrogen-bond donors (Lipinski definition) is 1. The summed E-state index contributed by atoms with van der Waals surface area (Å²) in [4.78, 5) is 20.0. The van der Waals surface area contributed by atoms with Crippen LogP contribution in [-0.4, -0.2) is 15.9 Å². The van der Waals surface area contributed by atoms with Crippen molar-refractivity contribution < 1.29 is 4.79 Å². The minimum absolute atomic E-state index is 0.262. The second-order valence-corrected chi connectivity index (χ2v) is 4.79. The monoisotopic (exact) mass is 297 g/mol. The molecule has 82 valence electrons. The van der Waals surface area contributed by atoms with E-state index >= 15 is 0 Å². The minimum Gasteiger partial charge on any atom is -0.296 e.